The first kappa shape index (κ1) is 23.4. The van der Waals surface area contributed by atoms with Crippen LogP contribution in [0.4, 0.5) is 5.69 Å². The second-order valence-electron chi connectivity index (χ2n) is 8.84. The van der Waals surface area contributed by atoms with Gasteiger partial charge in [-0.1, -0.05) is 20.8 Å². The van der Waals surface area contributed by atoms with E-state index in [-0.39, 0.29) is 17.2 Å². The van der Waals surface area contributed by atoms with Gasteiger partial charge >= 0.3 is 0 Å². The molecule has 8 heteroatoms. The molecular formula is C22H30N4O4. The van der Waals surface area contributed by atoms with Gasteiger partial charge in [0.2, 0.25) is 11.8 Å². The van der Waals surface area contributed by atoms with Crippen molar-refractivity contribution in [2.45, 2.75) is 58.5 Å². The molecule has 3 amide bonds. The zero-order valence-electron chi connectivity index (χ0n) is 18.0. The van der Waals surface area contributed by atoms with E-state index in [1.807, 2.05) is 20.8 Å². The molecule has 8 nitrogen and oxygen atoms in total. The lowest BCUT2D eigenvalue weighted by Crippen LogP contribution is -2.57. The molecule has 0 radical (unpaired) electrons. The van der Waals surface area contributed by atoms with Crippen molar-refractivity contribution in [3.05, 3.63) is 29.8 Å². The number of carbonyl (C=O) groups excluding carboxylic acids is 3. The van der Waals surface area contributed by atoms with Crippen molar-refractivity contribution in [1.82, 2.24) is 10.6 Å². The maximum atomic E-state index is 13.0. The van der Waals surface area contributed by atoms with Crippen molar-refractivity contribution in [1.29, 1.82) is 5.26 Å². The Morgan fingerprint density at radius 1 is 1.17 bits per heavy atom. The summed E-state index contributed by atoms with van der Waals surface area (Å²) in [5.74, 6) is -0.975. The summed E-state index contributed by atoms with van der Waals surface area (Å²) in [4.78, 5) is 36.9. The van der Waals surface area contributed by atoms with Gasteiger partial charge in [0.15, 0.2) is 0 Å². The minimum Gasteiger partial charge on any atom is -0.381 e. The third-order valence-corrected chi connectivity index (χ3v) is 4.83. The van der Waals surface area contributed by atoms with Gasteiger partial charge in [-0.25, -0.2) is 0 Å². The summed E-state index contributed by atoms with van der Waals surface area (Å²) in [7, 11) is 0. The SMILES string of the molecule is CC(=O)Nc1ccc(C(=O)NC(CC(C)(C)C)C(=O)NC2(C#N)CCOCC2)cc1. The van der Waals surface area contributed by atoms with Gasteiger partial charge in [0.1, 0.15) is 11.6 Å². The van der Waals surface area contributed by atoms with Crippen LogP contribution in [0, 0.1) is 16.7 Å². The number of ether oxygens (including phenoxy) is 1. The lowest BCUT2D eigenvalue weighted by Gasteiger charge is -2.34. The number of benzene rings is 1. The summed E-state index contributed by atoms with van der Waals surface area (Å²) >= 11 is 0. The number of hydrogen-bond acceptors (Lipinski definition) is 5. The Morgan fingerprint density at radius 2 is 1.77 bits per heavy atom. The van der Waals surface area contributed by atoms with E-state index in [1.165, 1.54) is 6.92 Å². The van der Waals surface area contributed by atoms with Crippen LogP contribution in [0.1, 0.15) is 57.3 Å². The van der Waals surface area contributed by atoms with Gasteiger partial charge in [-0.2, -0.15) is 5.26 Å². The van der Waals surface area contributed by atoms with Crippen molar-refractivity contribution in [3.63, 3.8) is 0 Å². The fourth-order valence-electron chi connectivity index (χ4n) is 3.28. The summed E-state index contributed by atoms with van der Waals surface area (Å²) in [6, 6.07) is 7.85. The van der Waals surface area contributed by atoms with Crippen LogP contribution in [0.5, 0.6) is 0 Å². The van der Waals surface area contributed by atoms with E-state index >= 15 is 0 Å². The first-order chi connectivity index (χ1) is 14.0. The summed E-state index contributed by atoms with van der Waals surface area (Å²) in [5, 5.41) is 17.9. The van der Waals surface area contributed by atoms with Gasteiger partial charge in [0.25, 0.3) is 5.91 Å². The Morgan fingerprint density at radius 3 is 2.27 bits per heavy atom. The number of nitriles is 1. The van der Waals surface area contributed by atoms with Crippen molar-refractivity contribution >= 4 is 23.4 Å². The monoisotopic (exact) mass is 414 g/mol. The van der Waals surface area contributed by atoms with E-state index < -0.39 is 17.5 Å². The van der Waals surface area contributed by atoms with Crippen LogP contribution in [0.15, 0.2) is 24.3 Å². The molecule has 1 unspecified atom stereocenters. The molecule has 1 aromatic rings. The summed E-state index contributed by atoms with van der Waals surface area (Å²) in [6.45, 7) is 8.17. The third-order valence-electron chi connectivity index (χ3n) is 4.83. The Bertz CT molecular complexity index is 815. The predicted molar refractivity (Wildman–Crippen MR) is 113 cm³/mol. The Hall–Kier alpha value is -2.92. The highest BCUT2D eigenvalue weighted by Gasteiger charge is 2.37. The van der Waals surface area contributed by atoms with Gasteiger partial charge in [-0.15, -0.1) is 0 Å². The van der Waals surface area contributed by atoms with Gasteiger partial charge in [0.05, 0.1) is 6.07 Å². The molecule has 1 aromatic carbocycles. The number of nitrogens with one attached hydrogen (secondary N) is 3. The molecule has 162 valence electrons. The standard InChI is InChI=1S/C22H30N4O4/c1-15(27)24-17-7-5-16(6-8-17)19(28)25-18(13-21(2,3)4)20(29)26-22(14-23)9-11-30-12-10-22/h5-8,18H,9-13H2,1-4H3,(H,24,27)(H,25,28)(H,26,29). The van der Waals surface area contributed by atoms with E-state index in [0.29, 0.717) is 43.7 Å². The van der Waals surface area contributed by atoms with Crippen molar-refractivity contribution < 1.29 is 19.1 Å². The Labute approximate surface area is 177 Å². The topological polar surface area (TPSA) is 120 Å². The van der Waals surface area contributed by atoms with Gasteiger partial charge in [-0.3, -0.25) is 14.4 Å². The van der Waals surface area contributed by atoms with Gasteiger partial charge in [-0.05, 0) is 36.1 Å². The molecule has 30 heavy (non-hydrogen) atoms. The molecule has 1 fully saturated rings. The molecule has 0 aliphatic carbocycles. The number of amides is 3. The largest absolute Gasteiger partial charge is 0.381 e. The van der Waals surface area contributed by atoms with Gasteiger partial charge in [0, 0.05) is 44.2 Å². The van der Waals surface area contributed by atoms with E-state index in [0.717, 1.165) is 0 Å². The lowest BCUT2D eigenvalue weighted by atomic mass is 9.86. The summed E-state index contributed by atoms with van der Waals surface area (Å²) in [5.41, 5.74) is -0.244. The van der Waals surface area contributed by atoms with E-state index in [9.17, 15) is 19.6 Å². The predicted octanol–water partition coefficient (Wildman–Crippen LogP) is 2.37. The average Bonchev–Trinajstić information content (AvgIpc) is 2.67. The van der Waals surface area contributed by atoms with Crippen LogP contribution in [-0.4, -0.2) is 42.5 Å². The minimum absolute atomic E-state index is 0.200. The van der Waals surface area contributed by atoms with Crippen LogP contribution < -0.4 is 16.0 Å². The first-order valence-electron chi connectivity index (χ1n) is 10.0. The maximum Gasteiger partial charge on any atom is 0.251 e. The van der Waals surface area contributed by atoms with E-state index in [4.69, 9.17) is 4.74 Å². The van der Waals surface area contributed by atoms with Crippen LogP contribution in [-0.2, 0) is 14.3 Å². The number of nitrogens with zero attached hydrogens (tertiary/aromatic N) is 1. The minimum atomic E-state index is -0.976. The molecule has 0 spiro atoms. The molecule has 1 aliphatic heterocycles. The van der Waals surface area contributed by atoms with Crippen molar-refractivity contribution in [2.24, 2.45) is 5.41 Å². The number of anilines is 1. The number of rotatable bonds is 6. The molecule has 0 bridgehead atoms. The van der Waals surface area contributed by atoms with Crippen LogP contribution in [0.2, 0.25) is 0 Å². The lowest BCUT2D eigenvalue weighted by molar-refractivity contribution is -0.126. The highest BCUT2D eigenvalue weighted by molar-refractivity contribution is 5.98. The molecule has 2 rings (SSSR count). The molecule has 0 saturated carbocycles. The molecule has 1 saturated heterocycles. The molecule has 1 atom stereocenters. The quantitative estimate of drug-likeness (QED) is 0.660. The highest BCUT2D eigenvalue weighted by Crippen LogP contribution is 2.24. The zero-order chi connectivity index (χ0) is 22.4. The summed E-state index contributed by atoms with van der Waals surface area (Å²) in [6.07, 6.45) is 1.23. The zero-order valence-corrected chi connectivity index (χ0v) is 18.0. The molecule has 3 N–H and O–H groups in total. The molecule has 0 aromatic heterocycles. The van der Waals surface area contributed by atoms with Crippen molar-refractivity contribution in [3.8, 4) is 6.07 Å². The smallest absolute Gasteiger partial charge is 0.251 e. The normalized spacial score (nSPS) is 16.6. The fourth-order valence-corrected chi connectivity index (χ4v) is 3.28. The Balaban J connectivity index is 2.14. The third kappa shape index (κ3) is 6.85. The fraction of sp³-hybridized carbons (Fsp3) is 0.545. The molecule has 1 heterocycles. The highest BCUT2D eigenvalue weighted by atomic mass is 16.5. The average molecular weight is 415 g/mol. The van der Waals surface area contributed by atoms with Crippen LogP contribution in [0.3, 0.4) is 0 Å². The second-order valence-corrected chi connectivity index (χ2v) is 8.84. The molecular weight excluding hydrogens is 384 g/mol. The van der Waals surface area contributed by atoms with Crippen molar-refractivity contribution in [2.75, 3.05) is 18.5 Å². The van der Waals surface area contributed by atoms with Crippen LogP contribution >= 0.6 is 0 Å². The number of hydrogen-bond donors (Lipinski definition) is 3. The molecule has 1 aliphatic rings. The van der Waals surface area contributed by atoms with Crippen LogP contribution in [0.25, 0.3) is 0 Å². The summed E-state index contributed by atoms with van der Waals surface area (Å²) < 4.78 is 5.31. The maximum absolute atomic E-state index is 13.0. The Kier molecular flexibility index (Phi) is 7.57. The number of carbonyl (C=O) groups is 3. The van der Waals surface area contributed by atoms with E-state index in [1.54, 1.807) is 24.3 Å². The first-order valence-corrected chi connectivity index (χ1v) is 10.0. The van der Waals surface area contributed by atoms with E-state index in [2.05, 4.69) is 22.0 Å². The van der Waals surface area contributed by atoms with Gasteiger partial charge < -0.3 is 20.7 Å². The second kappa shape index (κ2) is 9.72.